The lowest BCUT2D eigenvalue weighted by Gasteiger charge is -1.99. The molecule has 90 valence electrons. The molecule has 2 rings (SSSR count). The Morgan fingerprint density at radius 3 is 2.76 bits per heavy atom. The molecule has 1 aromatic heterocycles. The molecule has 2 nitrogen and oxygen atoms in total. The van der Waals surface area contributed by atoms with Crippen molar-refractivity contribution in [2.24, 2.45) is 5.73 Å². The van der Waals surface area contributed by atoms with Crippen molar-refractivity contribution in [2.75, 3.05) is 6.54 Å². The summed E-state index contributed by atoms with van der Waals surface area (Å²) in [4.78, 5) is 5.55. The Morgan fingerprint density at radius 1 is 1.35 bits per heavy atom. The first kappa shape index (κ1) is 12.2. The Hall–Kier alpha value is -1.26. The SMILES string of the molecule is Cc1ccc(-c2nc(C)c(CCN)s2)c(F)c1. The summed E-state index contributed by atoms with van der Waals surface area (Å²) >= 11 is 1.53. The largest absolute Gasteiger partial charge is 0.330 e. The molecule has 0 bridgehead atoms. The van der Waals surface area contributed by atoms with Gasteiger partial charge in [-0.2, -0.15) is 0 Å². The maximum atomic E-state index is 13.8. The molecule has 0 spiro atoms. The molecule has 0 atom stereocenters. The summed E-state index contributed by atoms with van der Waals surface area (Å²) in [5.41, 5.74) is 7.98. The first-order valence-corrected chi connectivity index (χ1v) is 6.36. The number of hydrogen-bond donors (Lipinski definition) is 1. The Labute approximate surface area is 104 Å². The zero-order chi connectivity index (χ0) is 12.4. The van der Waals surface area contributed by atoms with Crippen LogP contribution < -0.4 is 5.73 Å². The molecule has 0 aliphatic heterocycles. The topological polar surface area (TPSA) is 38.9 Å². The van der Waals surface area contributed by atoms with Gasteiger partial charge in [0.1, 0.15) is 10.8 Å². The van der Waals surface area contributed by atoms with Crippen LogP contribution in [0.1, 0.15) is 16.1 Å². The van der Waals surface area contributed by atoms with Gasteiger partial charge in [-0.1, -0.05) is 6.07 Å². The fourth-order valence-corrected chi connectivity index (χ4v) is 2.80. The van der Waals surface area contributed by atoms with E-state index in [1.165, 1.54) is 17.4 Å². The molecule has 0 saturated carbocycles. The molecule has 0 aliphatic rings. The Kier molecular flexibility index (Phi) is 3.54. The summed E-state index contributed by atoms with van der Waals surface area (Å²) in [6.07, 6.45) is 0.803. The normalized spacial score (nSPS) is 10.8. The minimum atomic E-state index is -0.210. The second kappa shape index (κ2) is 4.94. The highest BCUT2D eigenvalue weighted by molar-refractivity contribution is 7.15. The molecular formula is C13H15FN2S. The molecule has 0 saturated heterocycles. The van der Waals surface area contributed by atoms with Gasteiger partial charge in [0.05, 0.1) is 5.69 Å². The highest BCUT2D eigenvalue weighted by Gasteiger charge is 2.12. The van der Waals surface area contributed by atoms with Crippen LogP contribution in [0.5, 0.6) is 0 Å². The minimum Gasteiger partial charge on any atom is -0.330 e. The van der Waals surface area contributed by atoms with Gasteiger partial charge in [0.15, 0.2) is 0 Å². The van der Waals surface area contributed by atoms with Crippen LogP contribution in [0, 0.1) is 19.7 Å². The average molecular weight is 250 g/mol. The number of nitrogens with zero attached hydrogens (tertiary/aromatic N) is 1. The smallest absolute Gasteiger partial charge is 0.133 e. The van der Waals surface area contributed by atoms with Crippen LogP contribution in [-0.4, -0.2) is 11.5 Å². The first-order valence-electron chi connectivity index (χ1n) is 5.54. The monoisotopic (exact) mass is 250 g/mol. The molecule has 2 aromatic rings. The van der Waals surface area contributed by atoms with E-state index in [0.717, 1.165) is 27.6 Å². The van der Waals surface area contributed by atoms with Crippen molar-refractivity contribution in [1.82, 2.24) is 4.98 Å². The molecule has 1 heterocycles. The zero-order valence-corrected chi connectivity index (χ0v) is 10.8. The van der Waals surface area contributed by atoms with E-state index in [2.05, 4.69) is 4.98 Å². The van der Waals surface area contributed by atoms with Crippen molar-refractivity contribution in [3.05, 3.63) is 40.2 Å². The number of thiazole rings is 1. The second-order valence-electron chi connectivity index (χ2n) is 4.05. The van der Waals surface area contributed by atoms with E-state index < -0.39 is 0 Å². The van der Waals surface area contributed by atoms with Crippen LogP contribution in [0.4, 0.5) is 4.39 Å². The van der Waals surface area contributed by atoms with Crippen LogP contribution >= 0.6 is 11.3 Å². The van der Waals surface area contributed by atoms with E-state index in [-0.39, 0.29) is 5.82 Å². The van der Waals surface area contributed by atoms with Crippen molar-refractivity contribution in [3.63, 3.8) is 0 Å². The Morgan fingerprint density at radius 2 is 2.12 bits per heavy atom. The lowest BCUT2D eigenvalue weighted by Crippen LogP contribution is -2.01. The van der Waals surface area contributed by atoms with Crippen molar-refractivity contribution < 1.29 is 4.39 Å². The number of rotatable bonds is 3. The maximum absolute atomic E-state index is 13.8. The lowest BCUT2D eigenvalue weighted by molar-refractivity contribution is 0.630. The summed E-state index contributed by atoms with van der Waals surface area (Å²) in [7, 11) is 0. The van der Waals surface area contributed by atoms with E-state index in [1.807, 2.05) is 19.9 Å². The first-order chi connectivity index (χ1) is 8.11. The zero-order valence-electron chi connectivity index (χ0n) is 9.96. The Balaban J connectivity index is 2.42. The maximum Gasteiger partial charge on any atom is 0.133 e. The van der Waals surface area contributed by atoms with E-state index >= 15 is 0 Å². The highest BCUT2D eigenvalue weighted by Crippen LogP contribution is 2.30. The molecule has 0 fully saturated rings. The van der Waals surface area contributed by atoms with Crippen molar-refractivity contribution in [1.29, 1.82) is 0 Å². The van der Waals surface area contributed by atoms with Crippen molar-refractivity contribution in [3.8, 4) is 10.6 Å². The van der Waals surface area contributed by atoms with Gasteiger partial charge in [-0.25, -0.2) is 9.37 Å². The van der Waals surface area contributed by atoms with Gasteiger partial charge < -0.3 is 5.73 Å². The molecule has 0 unspecified atom stereocenters. The summed E-state index contributed by atoms with van der Waals surface area (Å²) in [6.45, 7) is 4.41. The predicted octanol–water partition coefficient (Wildman–Crippen LogP) is 3.07. The number of aryl methyl sites for hydroxylation is 2. The van der Waals surface area contributed by atoms with Gasteiger partial charge in [-0.3, -0.25) is 0 Å². The highest BCUT2D eigenvalue weighted by atomic mass is 32.1. The third-order valence-corrected chi connectivity index (χ3v) is 3.87. The Bertz CT molecular complexity index is 534. The second-order valence-corrected chi connectivity index (χ2v) is 5.13. The molecule has 2 N–H and O–H groups in total. The van der Waals surface area contributed by atoms with Crippen molar-refractivity contribution in [2.45, 2.75) is 20.3 Å². The summed E-state index contributed by atoms with van der Waals surface area (Å²) in [6, 6.07) is 5.22. The van der Waals surface area contributed by atoms with E-state index in [0.29, 0.717) is 12.1 Å². The van der Waals surface area contributed by atoms with Gasteiger partial charge in [0.2, 0.25) is 0 Å². The predicted molar refractivity (Wildman–Crippen MR) is 69.7 cm³/mol. The van der Waals surface area contributed by atoms with Gasteiger partial charge in [-0.15, -0.1) is 11.3 Å². The number of nitrogens with two attached hydrogens (primary N) is 1. The lowest BCUT2D eigenvalue weighted by atomic mass is 10.1. The molecule has 1 aromatic carbocycles. The van der Waals surface area contributed by atoms with E-state index in [1.54, 1.807) is 6.07 Å². The van der Waals surface area contributed by atoms with Crippen LogP contribution in [-0.2, 0) is 6.42 Å². The number of aromatic nitrogens is 1. The van der Waals surface area contributed by atoms with Crippen molar-refractivity contribution >= 4 is 11.3 Å². The van der Waals surface area contributed by atoms with Crippen LogP contribution in [0.2, 0.25) is 0 Å². The molecule has 0 amide bonds. The van der Waals surface area contributed by atoms with Crippen LogP contribution in [0.15, 0.2) is 18.2 Å². The average Bonchev–Trinajstić information content (AvgIpc) is 2.60. The van der Waals surface area contributed by atoms with Gasteiger partial charge in [-0.05, 0) is 44.5 Å². The van der Waals surface area contributed by atoms with Gasteiger partial charge in [0, 0.05) is 10.4 Å². The fraction of sp³-hybridized carbons (Fsp3) is 0.308. The van der Waals surface area contributed by atoms with Crippen LogP contribution in [0.25, 0.3) is 10.6 Å². The standard InChI is InChI=1S/C13H15FN2S/c1-8-3-4-10(11(14)7-8)13-16-9(2)12(17-13)5-6-15/h3-4,7H,5-6,15H2,1-2H3. The van der Waals surface area contributed by atoms with Gasteiger partial charge >= 0.3 is 0 Å². The quantitative estimate of drug-likeness (QED) is 0.909. The molecular weight excluding hydrogens is 235 g/mol. The third-order valence-electron chi connectivity index (χ3n) is 2.62. The summed E-state index contributed by atoms with van der Waals surface area (Å²) in [5.74, 6) is -0.210. The van der Waals surface area contributed by atoms with Gasteiger partial charge in [0.25, 0.3) is 0 Å². The number of hydrogen-bond acceptors (Lipinski definition) is 3. The fourth-order valence-electron chi connectivity index (χ4n) is 1.70. The van der Waals surface area contributed by atoms with E-state index in [9.17, 15) is 4.39 Å². The summed E-state index contributed by atoms with van der Waals surface area (Å²) < 4.78 is 13.8. The minimum absolute atomic E-state index is 0.210. The van der Waals surface area contributed by atoms with E-state index in [4.69, 9.17) is 5.73 Å². The number of benzene rings is 1. The number of halogens is 1. The van der Waals surface area contributed by atoms with Crippen LogP contribution in [0.3, 0.4) is 0 Å². The molecule has 0 radical (unpaired) electrons. The molecule has 4 heteroatoms. The molecule has 0 aliphatic carbocycles. The summed E-state index contributed by atoms with van der Waals surface area (Å²) in [5, 5.41) is 0.739. The molecule has 17 heavy (non-hydrogen) atoms. The third kappa shape index (κ3) is 2.53.